The molecule has 0 bridgehead atoms. The molecule has 1 aromatic carbocycles. The van der Waals surface area contributed by atoms with E-state index in [0.717, 1.165) is 36.5 Å². The number of carbonyl (C=O) groups is 4. The number of pyridine rings is 1. The smallest absolute Gasteiger partial charge is 0.408 e. The van der Waals surface area contributed by atoms with Crippen molar-refractivity contribution in [2.75, 3.05) is 6.54 Å². The average Bonchev–Trinajstić information content (AvgIpc) is 3.97. The van der Waals surface area contributed by atoms with Crippen LogP contribution in [0, 0.1) is 5.92 Å². The molecule has 14 heteroatoms. The van der Waals surface area contributed by atoms with Crippen molar-refractivity contribution in [1.82, 2.24) is 25.2 Å². The fourth-order valence-electron chi connectivity index (χ4n) is 7.93. The van der Waals surface area contributed by atoms with Gasteiger partial charge in [-0.05, 0) is 82.7 Å². The topological polar surface area (TPSA) is 173 Å². The quantitative estimate of drug-likeness (QED) is 0.341. The fourth-order valence-corrected chi connectivity index (χ4v) is 9.69. The third-order valence-electron chi connectivity index (χ3n) is 11.0. The summed E-state index contributed by atoms with van der Waals surface area (Å²) in [6.45, 7) is 7.18. The van der Waals surface area contributed by atoms with Crippen LogP contribution in [-0.4, -0.2) is 82.7 Å². The van der Waals surface area contributed by atoms with Crippen molar-refractivity contribution >= 4 is 44.6 Å². The summed E-state index contributed by atoms with van der Waals surface area (Å²) in [5, 5.41) is 7.43. The van der Waals surface area contributed by atoms with Crippen molar-refractivity contribution in [2.24, 2.45) is 5.92 Å². The van der Waals surface area contributed by atoms with Gasteiger partial charge in [-0.3, -0.25) is 19.1 Å². The van der Waals surface area contributed by atoms with Gasteiger partial charge in [0, 0.05) is 18.0 Å². The van der Waals surface area contributed by atoms with Crippen molar-refractivity contribution in [3.05, 3.63) is 36.5 Å². The molecule has 4 amide bonds. The molecular weight excluding hydrogens is 687 g/mol. The van der Waals surface area contributed by atoms with Crippen LogP contribution in [0.4, 0.5) is 4.79 Å². The Bertz CT molecular complexity index is 1790. The predicted octanol–water partition coefficient (Wildman–Crippen LogP) is 4.87. The molecule has 52 heavy (non-hydrogen) atoms. The zero-order chi connectivity index (χ0) is 37.3. The molecule has 5 atom stereocenters. The number of hydrogen-bond acceptors (Lipinski definition) is 9. The number of ether oxygens (including phenoxy) is 2. The van der Waals surface area contributed by atoms with Gasteiger partial charge in [-0.1, -0.05) is 63.6 Å². The molecule has 2 aromatic rings. The lowest BCUT2D eigenvalue weighted by Gasteiger charge is -2.30. The van der Waals surface area contributed by atoms with Crippen LogP contribution >= 0.6 is 0 Å². The summed E-state index contributed by atoms with van der Waals surface area (Å²) in [6.07, 6.45) is 7.90. The van der Waals surface area contributed by atoms with Crippen molar-refractivity contribution in [3.63, 3.8) is 0 Å². The standard InChI is InChI=1S/C38H53N5O8S/c1-5-18-37(19-20-37)52(48,49)42-34(46)38-23-26(38)14-9-7-6-8-10-16-29(40-35(47)51-36(2,3)4)33(45)43-24-27(22-30(43)31(44)41-38)50-32-28-15-12-11-13-25(28)17-21-39-32/h11-13,15,17,21,26-27,29-30H,5-10,14,16,18-20,22-24H2,1-4H3,(H,40,47)(H,41,44)(H,42,46)/t26-,27+,29-,30-,38+/m0/s1. The minimum Gasteiger partial charge on any atom is -0.472 e. The number of nitrogens with one attached hydrogen (secondary N) is 3. The van der Waals surface area contributed by atoms with Crippen molar-refractivity contribution in [1.29, 1.82) is 0 Å². The summed E-state index contributed by atoms with van der Waals surface area (Å²) in [6, 6.07) is 7.47. The first-order valence-corrected chi connectivity index (χ1v) is 20.3. The molecule has 3 N–H and O–H groups in total. The van der Waals surface area contributed by atoms with Crippen molar-refractivity contribution in [3.8, 4) is 5.88 Å². The van der Waals surface area contributed by atoms with E-state index in [-0.39, 0.29) is 18.9 Å². The normalized spacial score (nSPS) is 28.0. The molecular formula is C38H53N5O8S. The number of fused-ring (bicyclic) bond motifs is 3. The number of rotatable bonds is 8. The molecule has 284 valence electrons. The third-order valence-corrected chi connectivity index (χ3v) is 13.2. The summed E-state index contributed by atoms with van der Waals surface area (Å²) >= 11 is 0. The summed E-state index contributed by atoms with van der Waals surface area (Å²) < 4.78 is 40.3. The highest BCUT2D eigenvalue weighted by molar-refractivity contribution is 7.91. The number of benzene rings is 1. The number of aromatic nitrogens is 1. The molecule has 2 saturated carbocycles. The second-order valence-corrected chi connectivity index (χ2v) is 18.2. The monoisotopic (exact) mass is 739 g/mol. The maximum atomic E-state index is 14.4. The van der Waals surface area contributed by atoms with Crippen LogP contribution in [0.5, 0.6) is 5.88 Å². The summed E-state index contributed by atoms with van der Waals surface area (Å²) in [5.74, 6) is -1.61. The minimum absolute atomic E-state index is 0.0326. The largest absolute Gasteiger partial charge is 0.472 e. The van der Waals surface area contributed by atoms with Gasteiger partial charge in [0.1, 0.15) is 29.3 Å². The van der Waals surface area contributed by atoms with Crippen LogP contribution in [0.25, 0.3) is 10.8 Å². The Morgan fingerprint density at radius 3 is 2.46 bits per heavy atom. The van der Waals surface area contributed by atoms with Crippen molar-refractivity contribution in [2.45, 2.75) is 145 Å². The van der Waals surface area contributed by atoms with Gasteiger partial charge < -0.3 is 25.0 Å². The lowest BCUT2D eigenvalue weighted by atomic mass is 10.0. The summed E-state index contributed by atoms with van der Waals surface area (Å²) in [5.41, 5.74) is -2.20. The Labute approximate surface area is 306 Å². The van der Waals surface area contributed by atoms with E-state index in [9.17, 15) is 27.6 Å². The van der Waals surface area contributed by atoms with Gasteiger partial charge in [0.2, 0.25) is 27.7 Å². The number of amides is 4. The molecule has 4 fully saturated rings. The van der Waals surface area contributed by atoms with Crippen LogP contribution in [0.1, 0.15) is 111 Å². The highest BCUT2D eigenvalue weighted by atomic mass is 32.2. The van der Waals surface area contributed by atoms with Crippen molar-refractivity contribution < 1.29 is 37.1 Å². The molecule has 3 heterocycles. The number of sulfonamides is 1. The van der Waals surface area contributed by atoms with E-state index in [2.05, 4.69) is 20.3 Å². The lowest BCUT2D eigenvalue weighted by Crippen LogP contribution is -2.59. The van der Waals surface area contributed by atoms with Gasteiger partial charge in [-0.25, -0.2) is 18.2 Å². The van der Waals surface area contributed by atoms with E-state index in [1.807, 2.05) is 37.3 Å². The molecule has 0 radical (unpaired) electrons. The zero-order valence-electron chi connectivity index (χ0n) is 30.7. The maximum Gasteiger partial charge on any atom is 0.408 e. The van der Waals surface area contributed by atoms with Crippen LogP contribution in [0.2, 0.25) is 0 Å². The zero-order valence-corrected chi connectivity index (χ0v) is 31.6. The Morgan fingerprint density at radius 1 is 1.04 bits per heavy atom. The summed E-state index contributed by atoms with van der Waals surface area (Å²) in [4.78, 5) is 61.7. The lowest BCUT2D eigenvalue weighted by molar-refractivity contribution is -0.141. The van der Waals surface area contributed by atoms with Crippen LogP contribution < -0.4 is 20.1 Å². The maximum absolute atomic E-state index is 14.4. The van der Waals surface area contributed by atoms with E-state index >= 15 is 0 Å². The molecule has 1 aromatic heterocycles. The third kappa shape index (κ3) is 8.16. The van der Waals surface area contributed by atoms with Gasteiger partial charge >= 0.3 is 6.09 Å². The van der Waals surface area contributed by atoms with Crippen LogP contribution in [0.3, 0.4) is 0 Å². The first-order chi connectivity index (χ1) is 24.7. The number of nitrogens with zero attached hydrogens (tertiary/aromatic N) is 2. The first kappa shape index (κ1) is 37.8. The molecule has 4 aliphatic rings. The van der Waals surface area contributed by atoms with E-state index in [0.29, 0.717) is 57.2 Å². The molecule has 0 spiro atoms. The fraction of sp³-hybridized carbons (Fsp3) is 0.658. The van der Waals surface area contributed by atoms with Gasteiger partial charge in [-0.2, -0.15) is 0 Å². The Morgan fingerprint density at radius 2 is 1.75 bits per heavy atom. The van der Waals surface area contributed by atoms with E-state index < -0.39 is 67.9 Å². The number of alkyl carbamates (subject to hydrolysis) is 1. The molecule has 0 unspecified atom stereocenters. The Kier molecular flexibility index (Phi) is 10.8. The van der Waals surface area contributed by atoms with Gasteiger partial charge in [-0.15, -0.1) is 0 Å². The summed E-state index contributed by atoms with van der Waals surface area (Å²) in [7, 11) is -3.97. The number of carbonyl (C=O) groups excluding carboxylic acids is 4. The molecule has 6 rings (SSSR count). The second kappa shape index (κ2) is 14.8. The molecule has 2 saturated heterocycles. The SMILES string of the molecule is CCCC1(S(=O)(=O)NC(=O)[C@@]23C[C@@H]2CCCCCCC[C@H](NC(=O)OC(C)(C)C)C(=O)N2C[C@H](Oc4nccc5ccccc45)C[C@H]2C(=O)N3)CC1. The second-order valence-electron chi connectivity index (χ2n) is 16.1. The molecule has 13 nitrogen and oxygen atoms in total. The van der Waals surface area contributed by atoms with Gasteiger partial charge in [0.25, 0.3) is 5.91 Å². The van der Waals surface area contributed by atoms with Gasteiger partial charge in [0.15, 0.2) is 0 Å². The molecule has 2 aliphatic carbocycles. The number of hydrogen-bond donors (Lipinski definition) is 3. The Hall–Kier alpha value is -3.94. The first-order valence-electron chi connectivity index (χ1n) is 18.9. The minimum atomic E-state index is -3.97. The van der Waals surface area contributed by atoms with Crippen LogP contribution in [0.15, 0.2) is 36.5 Å². The van der Waals surface area contributed by atoms with Crippen LogP contribution in [-0.2, 0) is 29.1 Å². The van der Waals surface area contributed by atoms with E-state index in [1.54, 1.807) is 27.0 Å². The highest BCUT2D eigenvalue weighted by Gasteiger charge is 2.64. The Balaban J connectivity index is 1.29. The molecule has 2 aliphatic heterocycles. The predicted molar refractivity (Wildman–Crippen MR) is 195 cm³/mol. The van der Waals surface area contributed by atoms with E-state index in [4.69, 9.17) is 9.47 Å². The average molecular weight is 740 g/mol. The van der Waals surface area contributed by atoms with E-state index in [1.165, 1.54) is 4.90 Å². The highest BCUT2D eigenvalue weighted by Crippen LogP contribution is 2.50. The van der Waals surface area contributed by atoms with Gasteiger partial charge in [0.05, 0.1) is 11.3 Å².